The summed E-state index contributed by atoms with van der Waals surface area (Å²) in [6, 6.07) is 15.3. The average molecular weight is 374 g/mol. The van der Waals surface area contributed by atoms with Gasteiger partial charge in [-0.2, -0.15) is 13.2 Å². The van der Waals surface area contributed by atoms with E-state index in [1.165, 1.54) is 12.1 Å². The molecule has 0 saturated carbocycles. The Balaban J connectivity index is 0.00000312. The smallest absolute Gasteiger partial charge is 0.395 e. The molecule has 0 radical (unpaired) electrons. The van der Waals surface area contributed by atoms with Crippen LogP contribution >= 0.6 is 12.4 Å². The van der Waals surface area contributed by atoms with Gasteiger partial charge in [-0.3, -0.25) is 4.90 Å². The minimum absolute atomic E-state index is 0. The quantitative estimate of drug-likeness (QED) is 0.769. The van der Waals surface area contributed by atoms with E-state index in [2.05, 4.69) is 4.90 Å². The maximum Gasteiger partial charge on any atom is 0.416 e. The standard InChI is InChI=1S/C19H22F3NO.ClH/c1-15(12-17-8-5-9-18(13-17)19(20,21)22)23(10-11-24)14-16-6-3-2-4-7-16;/h2-9,13,15,24H,10-12,14H2,1H3;1H/t15-;/m0./s1. The second-order valence-corrected chi connectivity index (χ2v) is 5.93. The Morgan fingerprint density at radius 2 is 1.64 bits per heavy atom. The predicted octanol–water partition coefficient (Wildman–Crippen LogP) is 4.55. The number of aliphatic hydroxyl groups is 1. The zero-order valence-electron chi connectivity index (χ0n) is 14.0. The summed E-state index contributed by atoms with van der Waals surface area (Å²) < 4.78 is 38.5. The maximum atomic E-state index is 12.8. The molecule has 1 atom stereocenters. The first-order chi connectivity index (χ1) is 11.4. The van der Waals surface area contributed by atoms with Gasteiger partial charge in [0.25, 0.3) is 0 Å². The van der Waals surface area contributed by atoms with Gasteiger partial charge in [0.15, 0.2) is 0 Å². The van der Waals surface area contributed by atoms with Crippen LogP contribution in [0.2, 0.25) is 0 Å². The molecule has 0 aliphatic heterocycles. The van der Waals surface area contributed by atoms with E-state index in [0.29, 0.717) is 25.1 Å². The highest BCUT2D eigenvalue weighted by Gasteiger charge is 2.30. The number of nitrogens with zero attached hydrogens (tertiary/aromatic N) is 1. The fourth-order valence-electron chi connectivity index (χ4n) is 2.75. The summed E-state index contributed by atoms with van der Waals surface area (Å²) in [7, 11) is 0. The lowest BCUT2D eigenvalue weighted by Gasteiger charge is -2.29. The van der Waals surface area contributed by atoms with Crippen molar-refractivity contribution in [1.82, 2.24) is 4.90 Å². The summed E-state index contributed by atoms with van der Waals surface area (Å²) in [5.74, 6) is 0. The lowest BCUT2D eigenvalue weighted by atomic mass is 10.0. The molecule has 2 rings (SSSR count). The van der Waals surface area contributed by atoms with E-state index in [-0.39, 0.29) is 25.1 Å². The van der Waals surface area contributed by atoms with E-state index in [1.807, 2.05) is 37.3 Å². The molecular formula is C19H23ClF3NO. The van der Waals surface area contributed by atoms with Crippen LogP contribution < -0.4 is 0 Å². The summed E-state index contributed by atoms with van der Waals surface area (Å²) in [5.41, 5.74) is 1.14. The number of aliphatic hydroxyl groups excluding tert-OH is 1. The molecule has 2 aromatic rings. The largest absolute Gasteiger partial charge is 0.416 e. The number of benzene rings is 2. The highest BCUT2D eigenvalue weighted by Crippen LogP contribution is 2.30. The molecule has 0 amide bonds. The molecular weight excluding hydrogens is 351 g/mol. The lowest BCUT2D eigenvalue weighted by molar-refractivity contribution is -0.137. The van der Waals surface area contributed by atoms with Crippen molar-refractivity contribution in [3.05, 3.63) is 71.3 Å². The highest BCUT2D eigenvalue weighted by atomic mass is 35.5. The minimum atomic E-state index is -4.33. The maximum absolute atomic E-state index is 12.8. The second kappa shape index (κ2) is 9.80. The molecule has 6 heteroatoms. The van der Waals surface area contributed by atoms with Gasteiger partial charge < -0.3 is 5.11 Å². The van der Waals surface area contributed by atoms with Crippen LogP contribution in [0.3, 0.4) is 0 Å². The fraction of sp³-hybridized carbons (Fsp3) is 0.368. The highest BCUT2D eigenvalue weighted by molar-refractivity contribution is 5.85. The van der Waals surface area contributed by atoms with Gasteiger partial charge in [-0.25, -0.2) is 0 Å². The third-order valence-corrected chi connectivity index (χ3v) is 4.02. The van der Waals surface area contributed by atoms with Crippen LogP contribution in [-0.2, 0) is 19.1 Å². The third-order valence-electron chi connectivity index (χ3n) is 4.02. The topological polar surface area (TPSA) is 23.5 Å². The number of halogens is 4. The summed E-state index contributed by atoms with van der Waals surface area (Å²) in [6.07, 6.45) is -3.83. The molecule has 0 aliphatic carbocycles. The Morgan fingerprint density at radius 1 is 1.00 bits per heavy atom. The number of hydrogen-bond donors (Lipinski definition) is 1. The first-order valence-electron chi connectivity index (χ1n) is 7.95. The molecule has 0 saturated heterocycles. The Morgan fingerprint density at radius 3 is 2.24 bits per heavy atom. The molecule has 0 heterocycles. The molecule has 0 aromatic heterocycles. The van der Waals surface area contributed by atoms with Crippen molar-refractivity contribution in [3.63, 3.8) is 0 Å². The number of hydrogen-bond acceptors (Lipinski definition) is 2. The fourth-order valence-corrected chi connectivity index (χ4v) is 2.75. The van der Waals surface area contributed by atoms with Gasteiger partial charge in [-0.05, 0) is 30.5 Å². The summed E-state index contributed by atoms with van der Waals surface area (Å²) >= 11 is 0. The Kier molecular flexibility index (Phi) is 8.42. The van der Waals surface area contributed by atoms with Gasteiger partial charge in [0, 0.05) is 19.1 Å². The molecule has 0 spiro atoms. The molecule has 0 unspecified atom stereocenters. The lowest BCUT2D eigenvalue weighted by Crippen LogP contribution is -2.36. The molecule has 2 aromatic carbocycles. The molecule has 2 nitrogen and oxygen atoms in total. The second-order valence-electron chi connectivity index (χ2n) is 5.93. The first kappa shape index (κ1) is 21.5. The van der Waals surface area contributed by atoms with Gasteiger partial charge in [0.1, 0.15) is 0 Å². The molecule has 25 heavy (non-hydrogen) atoms. The van der Waals surface area contributed by atoms with Crippen molar-refractivity contribution < 1.29 is 18.3 Å². The monoisotopic (exact) mass is 373 g/mol. The van der Waals surface area contributed by atoms with E-state index < -0.39 is 11.7 Å². The van der Waals surface area contributed by atoms with Gasteiger partial charge in [-0.15, -0.1) is 12.4 Å². The van der Waals surface area contributed by atoms with Crippen LogP contribution in [-0.4, -0.2) is 29.2 Å². The van der Waals surface area contributed by atoms with Gasteiger partial charge in [0.2, 0.25) is 0 Å². The van der Waals surface area contributed by atoms with E-state index in [9.17, 15) is 18.3 Å². The van der Waals surface area contributed by atoms with E-state index >= 15 is 0 Å². The summed E-state index contributed by atoms with van der Waals surface area (Å²) in [6.45, 7) is 3.12. The van der Waals surface area contributed by atoms with Gasteiger partial charge in [0.05, 0.1) is 12.2 Å². The van der Waals surface area contributed by atoms with Crippen LogP contribution in [0.4, 0.5) is 13.2 Å². The zero-order valence-corrected chi connectivity index (χ0v) is 14.9. The number of rotatable bonds is 7. The average Bonchev–Trinajstić information content (AvgIpc) is 2.55. The molecule has 0 fully saturated rings. The van der Waals surface area contributed by atoms with Crippen LogP contribution in [0, 0.1) is 0 Å². The minimum Gasteiger partial charge on any atom is -0.395 e. The van der Waals surface area contributed by atoms with Crippen LogP contribution in [0.5, 0.6) is 0 Å². The summed E-state index contributed by atoms with van der Waals surface area (Å²) in [5, 5.41) is 9.29. The molecule has 0 bridgehead atoms. The van der Waals surface area contributed by atoms with Crippen molar-refractivity contribution >= 4 is 12.4 Å². The Bertz CT molecular complexity index is 634. The van der Waals surface area contributed by atoms with Crippen molar-refractivity contribution in [2.45, 2.75) is 32.1 Å². The Labute approximate surface area is 152 Å². The van der Waals surface area contributed by atoms with Crippen molar-refractivity contribution in [3.8, 4) is 0 Å². The predicted molar refractivity (Wildman–Crippen MR) is 95.8 cm³/mol. The molecule has 1 N–H and O–H groups in total. The van der Waals surface area contributed by atoms with Gasteiger partial charge in [-0.1, -0.05) is 48.5 Å². The van der Waals surface area contributed by atoms with E-state index in [0.717, 1.165) is 11.6 Å². The van der Waals surface area contributed by atoms with Crippen LogP contribution in [0.15, 0.2) is 54.6 Å². The van der Waals surface area contributed by atoms with E-state index in [4.69, 9.17) is 0 Å². The van der Waals surface area contributed by atoms with Gasteiger partial charge >= 0.3 is 6.18 Å². The van der Waals surface area contributed by atoms with Crippen LogP contribution in [0.25, 0.3) is 0 Å². The molecule has 0 aliphatic rings. The summed E-state index contributed by atoms with van der Waals surface area (Å²) in [4.78, 5) is 2.08. The van der Waals surface area contributed by atoms with Crippen molar-refractivity contribution in [2.75, 3.05) is 13.2 Å². The SMILES string of the molecule is C[C@@H](Cc1cccc(C(F)(F)F)c1)N(CCO)Cc1ccccc1.Cl. The first-order valence-corrected chi connectivity index (χ1v) is 7.95. The Hall–Kier alpha value is -1.56. The zero-order chi connectivity index (χ0) is 17.6. The van der Waals surface area contributed by atoms with Crippen molar-refractivity contribution in [2.24, 2.45) is 0 Å². The molecule has 138 valence electrons. The van der Waals surface area contributed by atoms with Crippen molar-refractivity contribution in [1.29, 1.82) is 0 Å². The third kappa shape index (κ3) is 6.69. The van der Waals surface area contributed by atoms with Crippen LogP contribution in [0.1, 0.15) is 23.6 Å². The number of alkyl halides is 3. The normalized spacial score (nSPS) is 12.7. The van der Waals surface area contributed by atoms with E-state index in [1.54, 1.807) is 6.07 Å².